The Kier molecular flexibility index (Phi) is 4.31. The van der Waals surface area contributed by atoms with Crippen molar-refractivity contribution in [1.82, 2.24) is 0 Å². The van der Waals surface area contributed by atoms with E-state index in [1.165, 1.54) is 35.6 Å². The molecule has 1 aromatic heterocycles. The summed E-state index contributed by atoms with van der Waals surface area (Å²) in [6.07, 6.45) is 0.725. The number of nitro groups is 1. The molecule has 0 N–H and O–H groups in total. The third-order valence-corrected chi connectivity index (χ3v) is 4.56. The van der Waals surface area contributed by atoms with Gasteiger partial charge in [0, 0.05) is 27.5 Å². The molecule has 5 nitrogen and oxygen atoms in total. The van der Waals surface area contributed by atoms with Crippen molar-refractivity contribution in [3.63, 3.8) is 0 Å². The topological polar surface area (TPSA) is 77.3 Å². The second-order valence-corrected chi connectivity index (χ2v) is 6.20. The second-order valence-electron chi connectivity index (χ2n) is 3.90. The molecule has 1 heterocycles. The molecule has 2 rings (SSSR count). The minimum Gasteiger partial charge on any atom is -0.297 e. The molecule has 2 aromatic rings. The standard InChI is InChI=1S/C13H9NO4S2/c1-8-6-11(12(7-15)19-8)20-13(16)9-2-4-10(5-3-9)14(17)18/h2-7H,1H3. The Balaban J connectivity index is 2.19. The van der Waals surface area contributed by atoms with Gasteiger partial charge in [0.05, 0.1) is 9.80 Å². The number of thioether (sulfide) groups is 1. The summed E-state index contributed by atoms with van der Waals surface area (Å²) in [4.78, 5) is 35.0. The molecule has 0 radical (unpaired) electrons. The molecular weight excluding hydrogens is 298 g/mol. The van der Waals surface area contributed by atoms with Gasteiger partial charge in [-0.25, -0.2) is 0 Å². The van der Waals surface area contributed by atoms with E-state index in [9.17, 15) is 19.7 Å². The number of nitrogens with zero attached hydrogens (tertiary/aromatic N) is 1. The van der Waals surface area contributed by atoms with Crippen LogP contribution in [0.5, 0.6) is 0 Å². The lowest BCUT2D eigenvalue weighted by Crippen LogP contribution is -1.95. The number of nitro benzene ring substituents is 1. The Morgan fingerprint density at radius 1 is 1.35 bits per heavy atom. The van der Waals surface area contributed by atoms with Crippen molar-refractivity contribution in [2.24, 2.45) is 0 Å². The molecule has 0 bridgehead atoms. The van der Waals surface area contributed by atoms with Crippen molar-refractivity contribution in [2.75, 3.05) is 0 Å². The summed E-state index contributed by atoms with van der Waals surface area (Å²) in [6, 6.07) is 7.17. The van der Waals surface area contributed by atoms with Gasteiger partial charge in [0.2, 0.25) is 5.12 Å². The molecule has 7 heteroatoms. The predicted octanol–water partition coefficient (Wildman–Crippen LogP) is 3.71. The van der Waals surface area contributed by atoms with Crippen molar-refractivity contribution in [2.45, 2.75) is 11.8 Å². The molecule has 20 heavy (non-hydrogen) atoms. The maximum absolute atomic E-state index is 12.1. The van der Waals surface area contributed by atoms with Crippen LogP contribution in [0.2, 0.25) is 0 Å². The van der Waals surface area contributed by atoms with Crippen molar-refractivity contribution in [3.8, 4) is 0 Å². The zero-order chi connectivity index (χ0) is 14.7. The Bertz CT molecular complexity index is 676. The molecule has 0 saturated heterocycles. The van der Waals surface area contributed by atoms with Gasteiger partial charge in [0.15, 0.2) is 6.29 Å². The number of carbonyl (C=O) groups excluding carboxylic acids is 2. The Morgan fingerprint density at radius 2 is 2.00 bits per heavy atom. The lowest BCUT2D eigenvalue weighted by Gasteiger charge is -1.99. The van der Waals surface area contributed by atoms with Crippen LogP contribution in [0.15, 0.2) is 35.2 Å². The van der Waals surface area contributed by atoms with Crippen LogP contribution in [0, 0.1) is 17.0 Å². The molecule has 0 aliphatic heterocycles. The smallest absolute Gasteiger partial charge is 0.269 e. The largest absolute Gasteiger partial charge is 0.297 e. The number of carbonyl (C=O) groups is 2. The summed E-state index contributed by atoms with van der Waals surface area (Å²) in [5.74, 6) is 0. The summed E-state index contributed by atoms with van der Waals surface area (Å²) in [6.45, 7) is 1.86. The summed E-state index contributed by atoms with van der Waals surface area (Å²) >= 11 is 2.28. The maximum Gasteiger partial charge on any atom is 0.269 e. The second kappa shape index (κ2) is 5.98. The molecule has 0 atom stereocenters. The molecule has 0 amide bonds. The van der Waals surface area contributed by atoms with Gasteiger partial charge in [0.1, 0.15) is 0 Å². The maximum atomic E-state index is 12.1. The average molecular weight is 307 g/mol. The van der Waals surface area contributed by atoms with Crippen LogP contribution in [0.4, 0.5) is 5.69 Å². The molecule has 0 fully saturated rings. The van der Waals surface area contributed by atoms with E-state index >= 15 is 0 Å². The molecule has 1 aromatic carbocycles. The zero-order valence-corrected chi connectivity index (χ0v) is 12.0. The first-order valence-corrected chi connectivity index (χ1v) is 7.17. The van der Waals surface area contributed by atoms with E-state index < -0.39 is 4.92 Å². The van der Waals surface area contributed by atoms with Crippen LogP contribution in [0.25, 0.3) is 0 Å². The molecule has 0 aliphatic carbocycles. The fraction of sp³-hybridized carbons (Fsp3) is 0.0769. The van der Waals surface area contributed by atoms with Crippen LogP contribution in [0.3, 0.4) is 0 Å². The van der Waals surface area contributed by atoms with Gasteiger partial charge in [-0.1, -0.05) is 0 Å². The Hall–Kier alpha value is -1.99. The predicted molar refractivity (Wildman–Crippen MR) is 77.7 cm³/mol. The van der Waals surface area contributed by atoms with E-state index in [2.05, 4.69) is 0 Å². The molecule has 0 saturated carbocycles. The van der Waals surface area contributed by atoms with E-state index in [1.807, 2.05) is 6.92 Å². The molecule has 0 aliphatic rings. The number of aryl methyl sites for hydroxylation is 1. The van der Waals surface area contributed by atoms with E-state index in [0.29, 0.717) is 15.3 Å². The quantitative estimate of drug-likeness (QED) is 0.372. The lowest BCUT2D eigenvalue weighted by atomic mass is 10.2. The van der Waals surface area contributed by atoms with Gasteiger partial charge in [-0.05, 0) is 36.9 Å². The van der Waals surface area contributed by atoms with Crippen LogP contribution in [-0.4, -0.2) is 16.3 Å². The van der Waals surface area contributed by atoms with Crippen molar-refractivity contribution in [3.05, 3.63) is 55.8 Å². The van der Waals surface area contributed by atoms with Crippen LogP contribution >= 0.6 is 23.1 Å². The fourth-order valence-electron chi connectivity index (χ4n) is 1.55. The summed E-state index contributed by atoms with van der Waals surface area (Å²) in [5, 5.41) is 10.3. The van der Waals surface area contributed by atoms with Gasteiger partial charge >= 0.3 is 0 Å². The lowest BCUT2D eigenvalue weighted by molar-refractivity contribution is -0.384. The van der Waals surface area contributed by atoms with Gasteiger partial charge in [0.25, 0.3) is 5.69 Å². The zero-order valence-electron chi connectivity index (χ0n) is 10.4. The minimum absolute atomic E-state index is 0.0634. The first-order chi connectivity index (χ1) is 9.51. The summed E-state index contributed by atoms with van der Waals surface area (Å²) in [5.41, 5.74) is 0.299. The van der Waals surface area contributed by atoms with Crippen molar-refractivity contribution in [1.29, 1.82) is 0 Å². The van der Waals surface area contributed by atoms with E-state index in [4.69, 9.17) is 0 Å². The van der Waals surface area contributed by atoms with Gasteiger partial charge in [-0.15, -0.1) is 11.3 Å². The van der Waals surface area contributed by atoms with Gasteiger partial charge in [-0.3, -0.25) is 19.7 Å². The number of non-ortho nitro benzene ring substituents is 1. The number of hydrogen-bond donors (Lipinski definition) is 0. The van der Waals surface area contributed by atoms with Gasteiger partial charge < -0.3 is 0 Å². The number of aldehydes is 1. The van der Waals surface area contributed by atoms with Crippen LogP contribution in [0.1, 0.15) is 24.9 Å². The summed E-state index contributed by atoms with van der Waals surface area (Å²) < 4.78 is 0. The van der Waals surface area contributed by atoms with Gasteiger partial charge in [-0.2, -0.15) is 0 Å². The molecule has 0 spiro atoms. The normalized spacial score (nSPS) is 10.2. The monoisotopic (exact) mass is 307 g/mol. The fourth-order valence-corrected chi connectivity index (χ4v) is 3.44. The Labute approximate surface area is 122 Å². The highest BCUT2D eigenvalue weighted by molar-refractivity contribution is 8.14. The van der Waals surface area contributed by atoms with Crippen molar-refractivity contribution >= 4 is 40.2 Å². The third kappa shape index (κ3) is 3.12. The van der Waals surface area contributed by atoms with Crippen LogP contribution < -0.4 is 0 Å². The van der Waals surface area contributed by atoms with E-state index in [0.717, 1.165) is 22.9 Å². The number of hydrogen-bond acceptors (Lipinski definition) is 6. The average Bonchev–Trinajstić information content (AvgIpc) is 2.78. The highest BCUT2D eigenvalue weighted by atomic mass is 32.2. The number of benzene rings is 1. The molecule has 102 valence electrons. The minimum atomic E-state index is -0.520. The highest BCUT2D eigenvalue weighted by Gasteiger charge is 2.14. The number of thiophene rings is 1. The Morgan fingerprint density at radius 3 is 2.55 bits per heavy atom. The molecule has 0 unspecified atom stereocenters. The SMILES string of the molecule is Cc1cc(SC(=O)c2ccc([N+](=O)[O-])cc2)c(C=O)s1. The third-order valence-electron chi connectivity index (χ3n) is 2.47. The first-order valence-electron chi connectivity index (χ1n) is 5.53. The van der Waals surface area contributed by atoms with E-state index in [-0.39, 0.29) is 10.8 Å². The first kappa shape index (κ1) is 14.4. The van der Waals surface area contributed by atoms with Crippen LogP contribution in [-0.2, 0) is 0 Å². The summed E-state index contributed by atoms with van der Waals surface area (Å²) in [7, 11) is 0. The molecular formula is C13H9NO4S2. The van der Waals surface area contributed by atoms with E-state index in [1.54, 1.807) is 6.07 Å². The number of rotatable bonds is 4. The highest BCUT2D eigenvalue weighted by Crippen LogP contribution is 2.31. The van der Waals surface area contributed by atoms with Crippen molar-refractivity contribution < 1.29 is 14.5 Å².